The predicted octanol–water partition coefficient (Wildman–Crippen LogP) is 0.845. The minimum Gasteiger partial charge on any atom is -0.395 e. The zero-order chi connectivity index (χ0) is 9.56. The van der Waals surface area contributed by atoms with Gasteiger partial charge in [0.25, 0.3) is 0 Å². The number of hydrogen-bond donors (Lipinski definition) is 1. The van der Waals surface area contributed by atoms with Crippen LogP contribution in [0, 0.1) is 0 Å². The third-order valence-electron chi connectivity index (χ3n) is 1.59. The third-order valence-corrected chi connectivity index (χ3v) is 1.78. The van der Waals surface area contributed by atoms with Gasteiger partial charge >= 0.3 is 0 Å². The molecule has 0 rings (SSSR count). The van der Waals surface area contributed by atoms with E-state index in [2.05, 4.69) is 0 Å². The van der Waals surface area contributed by atoms with Gasteiger partial charge in [0.1, 0.15) is 0 Å². The van der Waals surface area contributed by atoms with Gasteiger partial charge in [-0.15, -0.1) is 11.6 Å². The molecule has 0 fully saturated rings. The van der Waals surface area contributed by atoms with Crippen LogP contribution < -0.4 is 0 Å². The number of nitrogens with zero attached hydrogens (tertiary/aromatic N) is 1. The van der Waals surface area contributed by atoms with Crippen molar-refractivity contribution in [2.24, 2.45) is 0 Å². The number of halogens is 1. The van der Waals surface area contributed by atoms with Crippen LogP contribution in [-0.2, 0) is 4.79 Å². The van der Waals surface area contributed by atoms with Gasteiger partial charge in [0.05, 0.1) is 6.61 Å². The predicted molar refractivity (Wildman–Crippen MR) is 49.3 cm³/mol. The number of carbonyl (C=O) groups excluding carboxylic acids is 1. The highest BCUT2D eigenvalue weighted by Gasteiger charge is 2.14. The number of rotatable bonds is 5. The molecule has 0 aromatic heterocycles. The molecule has 0 bridgehead atoms. The lowest BCUT2D eigenvalue weighted by molar-refractivity contribution is -0.133. The second-order valence-corrected chi connectivity index (χ2v) is 3.22. The molecule has 0 atom stereocenters. The molecule has 0 unspecified atom stereocenters. The molecule has 3 nitrogen and oxygen atoms in total. The van der Waals surface area contributed by atoms with Crippen LogP contribution in [0.4, 0.5) is 0 Å². The standard InChI is InChI=1S/C8H16ClNO2/c1-7(2)10(5-6-11)8(12)3-4-9/h7,11H,3-6H2,1-2H3. The van der Waals surface area contributed by atoms with Crippen molar-refractivity contribution < 1.29 is 9.90 Å². The number of aliphatic hydroxyl groups is 1. The fraction of sp³-hybridized carbons (Fsp3) is 0.875. The van der Waals surface area contributed by atoms with E-state index in [1.54, 1.807) is 4.90 Å². The largest absolute Gasteiger partial charge is 0.395 e. The minimum absolute atomic E-state index is 0.00616. The second-order valence-electron chi connectivity index (χ2n) is 2.84. The SMILES string of the molecule is CC(C)N(CCO)C(=O)CCCl. The first-order valence-electron chi connectivity index (χ1n) is 4.09. The van der Waals surface area contributed by atoms with Crippen LogP contribution in [0.3, 0.4) is 0 Å². The van der Waals surface area contributed by atoms with Crippen molar-refractivity contribution in [2.45, 2.75) is 26.3 Å². The molecular formula is C8H16ClNO2. The van der Waals surface area contributed by atoms with Gasteiger partial charge in [0.15, 0.2) is 0 Å². The Kier molecular flexibility index (Phi) is 6.11. The Hall–Kier alpha value is -0.280. The van der Waals surface area contributed by atoms with E-state index >= 15 is 0 Å². The van der Waals surface area contributed by atoms with Crippen LogP contribution in [0.25, 0.3) is 0 Å². The Bertz CT molecular complexity index is 139. The summed E-state index contributed by atoms with van der Waals surface area (Å²) in [4.78, 5) is 12.9. The van der Waals surface area contributed by atoms with E-state index in [0.717, 1.165) is 0 Å². The number of aliphatic hydroxyl groups excluding tert-OH is 1. The summed E-state index contributed by atoms with van der Waals surface area (Å²) in [5.41, 5.74) is 0. The smallest absolute Gasteiger partial charge is 0.224 e. The average Bonchev–Trinajstić information content (AvgIpc) is 1.99. The lowest BCUT2D eigenvalue weighted by atomic mass is 10.3. The molecule has 72 valence electrons. The molecule has 1 N–H and O–H groups in total. The molecule has 0 spiro atoms. The average molecular weight is 194 g/mol. The summed E-state index contributed by atoms with van der Waals surface area (Å²) < 4.78 is 0. The maximum atomic E-state index is 11.3. The van der Waals surface area contributed by atoms with Gasteiger partial charge in [-0.1, -0.05) is 0 Å². The first-order chi connectivity index (χ1) is 5.63. The van der Waals surface area contributed by atoms with Gasteiger partial charge < -0.3 is 10.0 Å². The summed E-state index contributed by atoms with van der Waals surface area (Å²) in [5, 5.41) is 8.68. The summed E-state index contributed by atoms with van der Waals surface area (Å²) in [5.74, 6) is 0.349. The number of alkyl halides is 1. The quantitative estimate of drug-likeness (QED) is 0.658. The highest BCUT2D eigenvalue weighted by molar-refractivity contribution is 6.18. The van der Waals surface area contributed by atoms with Gasteiger partial charge in [-0.05, 0) is 13.8 Å². The first kappa shape index (κ1) is 11.7. The van der Waals surface area contributed by atoms with Crippen molar-refractivity contribution in [2.75, 3.05) is 19.0 Å². The van der Waals surface area contributed by atoms with E-state index in [1.165, 1.54) is 0 Å². The van der Waals surface area contributed by atoms with Crippen molar-refractivity contribution in [1.82, 2.24) is 4.90 Å². The highest BCUT2D eigenvalue weighted by Crippen LogP contribution is 2.01. The molecule has 0 aromatic rings. The van der Waals surface area contributed by atoms with Crippen LogP contribution in [-0.4, -0.2) is 41.0 Å². The van der Waals surface area contributed by atoms with Crippen LogP contribution in [0.2, 0.25) is 0 Å². The van der Waals surface area contributed by atoms with E-state index in [0.29, 0.717) is 18.8 Å². The maximum Gasteiger partial charge on any atom is 0.224 e. The fourth-order valence-corrected chi connectivity index (χ4v) is 1.16. The Balaban J connectivity index is 4.00. The highest BCUT2D eigenvalue weighted by atomic mass is 35.5. The third kappa shape index (κ3) is 3.93. The molecule has 0 saturated carbocycles. The molecule has 0 aliphatic heterocycles. The van der Waals surface area contributed by atoms with Crippen molar-refractivity contribution in [1.29, 1.82) is 0 Å². The van der Waals surface area contributed by atoms with E-state index in [-0.39, 0.29) is 18.6 Å². The van der Waals surface area contributed by atoms with Crippen LogP contribution >= 0.6 is 11.6 Å². The molecule has 0 aromatic carbocycles. The van der Waals surface area contributed by atoms with Crippen LogP contribution in [0.5, 0.6) is 0 Å². The van der Waals surface area contributed by atoms with E-state index in [4.69, 9.17) is 16.7 Å². The van der Waals surface area contributed by atoms with Gasteiger partial charge in [0, 0.05) is 24.9 Å². The Morgan fingerprint density at radius 3 is 2.50 bits per heavy atom. The van der Waals surface area contributed by atoms with Gasteiger partial charge in [-0.3, -0.25) is 4.79 Å². The van der Waals surface area contributed by atoms with Crippen molar-refractivity contribution in [3.63, 3.8) is 0 Å². The van der Waals surface area contributed by atoms with E-state index in [1.807, 2.05) is 13.8 Å². The zero-order valence-electron chi connectivity index (χ0n) is 7.59. The zero-order valence-corrected chi connectivity index (χ0v) is 8.34. The lowest BCUT2D eigenvalue weighted by Crippen LogP contribution is -2.39. The van der Waals surface area contributed by atoms with Crippen LogP contribution in [0.1, 0.15) is 20.3 Å². The van der Waals surface area contributed by atoms with Crippen molar-refractivity contribution >= 4 is 17.5 Å². The topological polar surface area (TPSA) is 40.5 Å². The molecule has 0 heterocycles. The number of amides is 1. The maximum absolute atomic E-state index is 11.3. The summed E-state index contributed by atoms with van der Waals surface area (Å²) in [6, 6.07) is 0.132. The minimum atomic E-state index is 0.00616. The van der Waals surface area contributed by atoms with Crippen LogP contribution in [0.15, 0.2) is 0 Å². The van der Waals surface area contributed by atoms with Crippen molar-refractivity contribution in [3.05, 3.63) is 0 Å². The van der Waals surface area contributed by atoms with E-state index in [9.17, 15) is 4.79 Å². The first-order valence-corrected chi connectivity index (χ1v) is 4.63. The fourth-order valence-electron chi connectivity index (χ4n) is 1.00. The molecule has 1 amide bonds. The molecular weight excluding hydrogens is 178 g/mol. The van der Waals surface area contributed by atoms with Crippen molar-refractivity contribution in [3.8, 4) is 0 Å². The number of carbonyl (C=O) groups is 1. The Morgan fingerprint density at radius 1 is 1.58 bits per heavy atom. The van der Waals surface area contributed by atoms with Gasteiger partial charge in [0.2, 0.25) is 5.91 Å². The lowest BCUT2D eigenvalue weighted by Gasteiger charge is -2.25. The van der Waals surface area contributed by atoms with Gasteiger partial charge in [-0.2, -0.15) is 0 Å². The second kappa shape index (κ2) is 6.26. The molecule has 0 aliphatic rings. The summed E-state index contributed by atoms with van der Waals surface area (Å²) in [7, 11) is 0. The summed E-state index contributed by atoms with van der Waals surface area (Å²) in [6.45, 7) is 4.24. The summed E-state index contributed by atoms with van der Waals surface area (Å²) in [6.07, 6.45) is 0.347. The summed E-state index contributed by atoms with van der Waals surface area (Å²) >= 11 is 5.44. The monoisotopic (exact) mass is 193 g/mol. The molecule has 0 radical (unpaired) electrons. The molecule has 0 saturated heterocycles. The number of hydrogen-bond acceptors (Lipinski definition) is 2. The van der Waals surface area contributed by atoms with E-state index < -0.39 is 0 Å². The Morgan fingerprint density at radius 2 is 2.17 bits per heavy atom. The molecule has 12 heavy (non-hydrogen) atoms. The molecule has 4 heteroatoms. The Labute approximate surface area is 78.3 Å². The molecule has 0 aliphatic carbocycles. The normalized spacial score (nSPS) is 10.4. The van der Waals surface area contributed by atoms with Gasteiger partial charge in [-0.25, -0.2) is 0 Å².